The van der Waals surface area contributed by atoms with E-state index in [0.29, 0.717) is 13.2 Å². The first-order chi connectivity index (χ1) is 7.40. The molecular weight excluding hydrogens is 208 g/mol. The minimum absolute atomic E-state index is 0.0392. The van der Waals surface area contributed by atoms with E-state index in [0.717, 1.165) is 13.1 Å². The largest absolute Gasteiger partial charge is 0.444 e. The fourth-order valence-corrected chi connectivity index (χ4v) is 1.42. The van der Waals surface area contributed by atoms with Crippen LogP contribution in [-0.2, 0) is 9.47 Å². The first-order valence-corrected chi connectivity index (χ1v) is 5.64. The second-order valence-electron chi connectivity index (χ2n) is 5.02. The Kier molecular flexibility index (Phi) is 4.56. The predicted molar refractivity (Wildman–Crippen MR) is 61.5 cm³/mol. The molecule has 5 heteroatoms. The molecule has 0 aromatic heterocycles. The third kappa shape index (κ3) is 4.37. The van der Waals surface area contributed by atoms with Crippen LogP contribution in [0.3, 0.4) is 0 Å². The average molecular weight is 230 g/mol. The van der Waals surface area contributed by atoms with Crippen molar-refractivity contribution in [1.29, 1.82) is 0 Å². The average Bonchev–Trinajstić information content (AvgIpc) is 2.41. The number of hydrogen-bond acceptors (Lipinski definition) is 4. The maximum Gasteiger partial charge on any atom is 0.410 e. The molecule has 1 atom stereocenters. The topological polar surface area (TPSA) is 50.8 Å². The van der Waals surface area contributed by atoms with Crippen molar-refractivity contribution >= 4 is 6.09 Å². The van der Waals surface area contributed by atoms with Gasteiger partial charge in [0.25, 0.3) is 0 Å². The zero-order valence-electron chi connectivity index (χ0n) is 10.6. The van der Waals surface area contributed by atoms with E-state index in [1.807, 2.05) is 20.8 Å². The molecule has 0 spiro atoms. The number of hydrogen-bond donors (Lipinski definition) is 1. The van der Waals surface area contributed by atoms with Crippen molar-refractivity contribution in [1.82, 2.24) is 10.2 Å². The summed E-state index contributed by atoms with van der Waals surface area (Å²) in [6, 6.07) is 0.0392. The Labute approximate surface area is 97.1 Å². The first-order valence-electron chi connectivity index (χ1n) is 5.64. The van der Waals surface area contributed by atoms with Crippen LogP contribution in [0.15, 0.2) is 0 Å². The Morgan fingerprint density at radius 2 is 2.19 bits per heavy atom. The van der Waals surface area contributed by atoms with E-state index in [1.54, 1.807) is 11.9 Å². The molecule has 1 fully saturated rings. The molecule has 1 saturated heterocycles. The summed E-state index contributed by atoms with van der Waals surface area (Å²) in [6.45, 7) is 8.41. The maximum atomic E-state index is 11.8. The van der Waals surface area contributed by atoms with Crippen molar-refractivity contribution in [2.45, 2.75) is 32.4 Å². The van der Waals surface area contributed by atoms with Gasteiger partial charge in [-0.3, -0.25) is 0 Å². The van der Waals surface area contributed by atoms with Gasteiger partial charge >= 0.3 is 6.09 Å². The highest BCUT2D eigenvalue weighted by atomic mass is 16.6. The molecule has 1 N–H and O–H groups in total. The molecule has 1 unspecified atom stereocenters. The quantitative estimate of drug-likeness (QED) is 0.725. The molecule has 1 rings (SSSR count). The lowest BCUT2D eigenvalue weighted by Crippen LogP contribution is -2.46. The maximum absolute atomic E-state index is 11.8. The SMILES string of the molecule is CN(C(=O)OC(C)(C)C)C1CNCCOC1. The Balaban J connectivity index is 2.48. The smallest absolute Gasteiger partial charge is 0.410 e. The highest BCUT2D eigenvalue weighted by Crippen LogP contribution is 2.11. The van der Waals surface area contributed by atoms with Crippen LogP contribution in [0.2, 0.25) is 0 Å². The predicted octanol–water partition coefficient (Wildman–Crippen LogP) is 0.842. The van der Waals surface area contributed by atoms with Crippen LogP contribution in [0.25, 0.3) is 0 Å². The Morgan fingerprint density at radius 3 is 2.81 bits per heavy atom. The highest BCUT2D eigenvalue weighted by molar-refractivity contribution is 5.68. The number of carbonyl (C=O) groups excluding carboxylic acids is 1. The summed E-state index contributed by atoms with van der Waals surface area (Å²) in [5, 5.41) is 3.22. The van der Waals surface area contributed by atoms with E-state index >= 15 is 0 Å². The monoisotopic (exact) mass is 230 g/mol. The van der Waals surface area contributed by atoms with Gasteiger partial charge < -0.3 is 19.7 Å². The van der Waals surface area contributed by atoms with Crippen molar-refractivity contribution in [2.24, 2.45) is 0 Å². The number of ether oxygens (including phenoxy) is 2. The summed E-state index contributed by atoms with van der Waals surface area (Å²) in [5.74, 6) is 0. The van der Waals surface area contributed by atoms with E-state index < -0.39 is 5.60 Å². The lowest BCUT2D eigenvalue weighted by atomic mass is 10.2. The van der Waals surface area contributed by atoms with Gasteiger partial charge in [0.15, 0.2) is 0 Å². The van der Waals surface area contributed by atoms with Gasteiger partial charge in [0.2, 0.25) is 0 Å². The highest BCUT2D eigenvalue weighted by Gasteiger charge is 2.26. The molecule has 1 aliphatic heterocycles. The molecule has 0 aliphatic carbocycles. The molecule has 1 aliphatic rings. The molecule has 0 bridgehead atoms. The summed E-state index contributed by atoms with van der Waals surface area (Å²) >= 11 is 0. The third-order valence-corrected chi connectivity index (χ3v) is 2.34. The number of amides is 1. The number of nitrogens with zero attached hydrogens (tertiary/aromatic N) is 1. The Bertz CT molecular complexity index is 230. The van der Waals surface area contributed by atoms with E-state index in [4.69, 9.17) is 9.47 Å². The Hall–Kier alpha value is -0.810. The van der Waals surface area contributed by atoms with Crippen LogP contribution >= 0.6 is 0 Å². The number of rotatable bonds is 1. The van der Waals surface area contributed by atoms with Crippen LogP contribution in [0.1, 0.15) is 20.8 Å². The molecule has 0 aromatic rings. The molecule has 5 nitrogen and oxygen atoms in total. The van der Waals surface area contributed by atoms with Gasteiger partial charge in [0.1, 0.15) is 5.60 Å². The minimum atomic E-state index is -0.454. The second-order valence-corrected chi connectivity index (χ2v) is 5.02. The third-order valence-electron chi connectivity index (χ3n) is 2.34. The van der Waals surface area contributed by atoms with Crippen molar-refractivity contribution in [2.75, 3.05) is 33.4 Å². The van der Waals surface area contributed by atoms with Crippen molar-refractivity contribution in [3.8, 4) is 0 Å². The molecule has 0 aromatic carbocycles. The standard InChI is InChI=1S/C11H22N2O3/c1-11(2,3)16-10(14)13(4)9-7-12-5-6-15-8-9/h9,12H,5-8H2,1-4H3. The summed E-state index contributed by atoms with van der Waals surface area (Å²) in [5.41, 5.74) is -0.454. The van der Waals surface area contributed by atoms with E-state index in [9.17, 15) is 4.79 Å². The summed E-state index contributed by atoms with van der Waals surface area (Å²) < 4.78 is 10.7. The minimum Gasteiger partial charge on any atom is -0.444 e. The van der Waals surface area contributed by atoms with Gasteiger partial charge in [-0.15, -0.1) is 0 Å². The second kappa shape index (κ2) is 5.50. The zero-order valence-corrected chi connectivity index (χ0v) is 10.6. The Morgan fingerprint density at radius 1 is 1.50 bits per heavy atom. The van der Waals surface area contributed by atoms with E-state index in [2.05, 4.69) is 5.32 Å². The fraction of sp³-hybridized carbons (Fsp3) is 0.909. The summed E-state index contributed by atoms with van der Waals surface area (Å²) in [7, 11) is 1.75. The molecule has 94 valence electrons. The van der Waals surface area contributed by atoms with E-state index in [1.165, 1.54) is 0 Å². The van der Waals surface area contributed by atoms with Crippen LogP contribution < -0.4 is 5.32 Å². The molecule has 16 heavy (non-hydrogen) atoms. The molecule has 1 heterocycles. The van der Waals surface area contributed by atoms with Gasteiger partial charge in [-0.25, -0.2) is 4.79 Å². The van der Waals surface area contributed by atoms with Crippen LogP contribution in [0, 0.1) is 0 Å². The van der Waals surface area contributed by atoms with Crippen molar-refractivity contribution in [3.05, 3.63) is 0 Å². The van der Waals surface area contributed by atoms with Crippen LogP contribution in [-0.4, -0.2) is 56.0 Å². The molecule has 1 amide bonds. The zero-order chi connectivity index (χ0) is 12.2. The van der Waals surface area contributed by atoms with Gasteiger partial charge in [-0.05, 0) is 20.8 Å². The van der Waals surface area contributed by atoms with Gasteiger partial charge in [0, 0.05) is 20.1 Å². The summed E-state index contributed by atoms with van der Waals surface area (Å²) in [4.78, 5) is 13.4. The van der Waals surface area contributed by atoms with Gasteiger partial charge in [-0.2, -0.15) is 0 Å². The lowest BCUT2D eigenvalue weighted by Gasteiger charge is -2.29. The lowest BCUT2D eigenvalue weighted by molar-refractivity contribution is 0.0131. The first kappa shape index (κ1) is 13.3. The van der Waals surface area contributed by atoms with Gasteiger partial charge in [0.05, 0.1) is 19.3 Å². The number of nitrogens with one attached hydrogen (secondary N) is 1. The molecule has 0 radical (unpaired) electrons. The fourth-order valence-electron chi connectivity index (χ4n) is 1.42. The number of carbonyl (C=O) groups is 1. The van der Waals surface area contributed by atoms with Crippen molar-refractivity contribution in [3.63, 3.8) is 0 Å². The van der Waals surface area contributed by atoms with Gasteiger partial charge in [-0.1, -0.05) is 0 Å². The molecular formula is C11H22N2O3. The van der Waals surface area contributed by atoms with E-state index in [-0.39, 0.29) is 12.1 Å². The normalized spacial score (nSPS) is 22.4. The number of likely N-dealkylation sites (N-methyl/N-ethyl adjacent to an activating group) is 1. The molecule has 0 saturated carbocycles. The summed E-state index contributed by atoms with van der Waals surface area (Å²) in [6.07, 6.45) is -0.301. The van der Waals surface area contributed by atoms with Crippen LogP contribution in [0.4, 0.5) is 4.79 Å². The van der Waals surface area contributed by atoms with Crippen LogP contribution in [0.5, 0.6) is 0 Å². The van der Waals surface area contributed by atoms with Crippen molar-refractivity contribution < 1.29 is 14.3 Å².